The van der Waals surface area contributed by atoms with E-state index in [1.165, 1.54) is 12.1 Å². The molecule has 3 aromatic rings. The predicted molar refractivity (Wildman–Crippen MR) is 90.6 cm³/mol. The number of hydrogen-bond acceptors (Lipinski definition) is 4. The van der Waals surface area contributed by atoms with Gasteiger partial charge in [-0.2, -0.15) is 0 Å². The molecule has 1 N–H and O–H groups in total. The summed E-state index contributed by atoms with van der Waals surface area (Å²) in [4.78, 5) is 17.9. The second kappa shape index (κ2) is 6.41. The number of benzene rings is 2. The van der Waals surface area contributed by atoms with E-state index in [-0.39, 0.29) is 5.56 Å². The van der Waals surface area contributed by atoms with Gasteiger partial charge in [0.15, 0.2) is 5.78 Å². The Morgan fingerprint density at radius 1 is 1.29 bits per heavy atom. The highest BCUT2D eigenvalue weighted by Crippen LogP contribution is 2.22. The Bertz CT molecular complexity index is 904. The van der Waals surface area contributed by atoms with Gasteiger partial charge >= 0.3 is 0 Å². The van der Waals surface area contributed by atoms with Crippen molar-refractivity contribution in [2.24, 2.45) is 7.05 Å². The number of carbonyl (C=O) groups excluding carboxylic acids is 1. The maximum atomic E-state index is 14.0. The monoisotopic (exact) mass is 327 g/mol. The van der Waals surface area contributed by atoms with E-state index < -0.39 is 18.2 Å². The fraction of sp³-hybridized carbons (Fsp3) is 0.222. The molecule has 2 aromatic carbocycles. The summed E-state index contributed by atoms with van der Waals surface area (Å²) >= 11 is 0. The molecule has 0 spiro atoms. The van der Waals surface area contributed by atoms with Gasteiger partial charge in [0.1, 0.15) is 12.4 Å². The number of anilines is 1. The molecule has 3 rings (SSSR count). The molecule has 0 saturated carbocycles. The third-order valence-corrected chi connectivity index (χ3v) is 4.00. The Hall–Kier alpha value is -2.73. The van der Waals surface area contributed by atoms with E-state index in [9.17, 15) is 9.18 Å². The molecule has 0 radical (unpaired) electrons. The molecule has 0 aliphatic heterocycles. The van der Waals surface area contributed by atoms with Gasteiger partial charge in [-0.1, -0.05) is 18.2 Å². The zero-order chi connectivity index (χ0) is 17.3. The number of para-hydroxylation sites is 2. The van der Waals surface area contributed by atoms with Crippen LogP contribution in [0.15, 0.2) is 42.5 Å². The van der Waals surface area contributed by atoms with Gasteiger partial charge in [-0.25, -0.2) is 9.37 Å². The summed E-state index contributed by atoms with van der Waals surface area (Å²) in [6, 6.07) is 12.3. The molecular weight excluding hydrogens is 309 g/mol. The van der Waals surface area contributed by atoms with Gasteiger partial charge in [-0.15, -0.1) is 0 Å². The zero-order valence-electron chi connectivity index (χ0n) is 13.5. The van der Waals surface area contributed by atoms with E-state index >= 15 is 0 Å². The highest BCUT2D eigenvalue weighted by atomic mass is 19.1. The van der Waals surface area contributed by atoms with Crippen molar-refractivity contribution in [2.45, 2.75) is 6.54 Å². The number of aromatic nitrogens is 2. The fourth-order valence-electron chi connectivity index (χ4n) is 2.79. The van der Waals surface area contributed by atoms with Gasteiger partial charge in [0.2, 0.25) is 5.95 Å². The molecule has 0 aliphatic carbocycles. The van der Waals surface area contributed by atoms with Gasteiger partial charge in [0, 0.05) is 20.6 Å². The lowest BCUT2D eigenvalue weighted by atomic mass is 10.1. The first-order valence-corrected chi connectivity index (χ1v) is 7.56. The van der Waals surface area contributed by atoms with Crippen LogP contribution >= 0.6 is 0 Å². The number of imidazole rings is 1. The number of nitrogens with zero attached hydrogens (tertiary/aromatic N) is 3. The maximum Gasteiger partial charge on any atom is 0.206 e. The van der Waals surface area contributed by atoms with Gasteiger partial charge < -0.3 is 14.6 Å². The topological polar surface area (TPSA) is 58.4 Å². The van der Waals surface area contributed by atoms with Gasteiger partial charge in [0.05, 0.1) is 16.6 Å². The lowest BCUT2D eigenvalue weighted by Crippen LogP contribution is -2.20. The van der Waals surface area contributed by atoms with Crippen molar-refractivity contribution in [2.75, 3.05) is 18.6 Å². The number of carbonyl (C=O) groups is 1. The van der Waals surface area contributed by atoms with Crippen molar-refractivity contribution in [3.05, 3.63) is 59.4 Å². The molecule has 124 valence electrons. The summed E-state index contributed by atoms with van der Waals surface area (Å²) < 4.78 is 16.0. The number of halogens is 1. The summed E-state index contributed by atoms with van der Waals surface area (Å²) in [6.45, 7) is -0.252. The Morgan fingerprint density at radius 3 is 2.71 bits per heavy atom. The molecule has 0 unspecified atom stereocenters. The summed E-state index contributed by atoms with van der Waals surface area (Å²) in [5.41, 5.74) is 2.55. The second-order valence-electron chi connectivity index (χ2n) is 5.71. The summed E-state index contributed by atoms with van der Waals surface area (Å²) in [5.74, 6) is -0.472. The largest absolute Gasteiger partial charge is 0.388 e. The van der Waals surface area contributed by atoms with Crippen LogP contribution in [0, 0.1) is 5.82 Å². The number of rotatable bonds is 5. The van der Waals surface area contributed by atoms with Crippen LogP contribution in [-0.2, 0) is 13.6 Å². The lowest BCUT2D eigenvalue weighted by molar-refractivity contribution is 0.0899. The van der Waals surface area contributed by atoms with Crippen molar-refractivity contribution < 1.29 is 14.3 Å². The van der Waals surface area contributed by atoms with Gasteiger partial charge in [-0.3, -0.25) is 4.79 Å². The molecule has 6 heteroatoms. The van der Waals surface area contributed by atoms with Crippen LogP contribution in [-0.4, -0.2) is 34.1 Å². The first-order chi connectivity index (χ1) is 11.5. The molecule has 0 atom stereocenters. The average Bonchev–Trinajstić information content (AvgIpc) is 2.92. The summed E-state index contributed by atoms with van der Waals surface area (Å²) in [5, 5.41) is 8.84. The number of aliphatic hydroxyl groups excluding tert-OH is 1. The zero-order valence-corrected chi connectivity index (χ0v) is 13.5. The first-order valence-electron chi connectivity index (χ1n) is 7.56. The number of Topliss-reactive ketones (excluding diaryl/α,β-unsaturated/α-hetero) is 1. The average molecular weight is 327 g/mol. The van der Waals surface area contributed by atoms with Crippen molar-refractivity contribution in [3.63, 3.8) is 0 Å². The molecule has 0 fully saturated rings. The third-order valence-electron chi connectivity index (χ3n) is 4.00. The fourth-order valence-corrected chi connectivity index (χ4v) is 2.79. The number of aliphatic hydroxyl groups is 1. The Balaban J connectivity index is 1.86. The van der Waals surface area contributed by atoms with Crippen LogP contribution in [0.1, 0.15) is 15.9 Å². The van der Waals surface area contributed by atoms with E-state index in [1.807, 2.05) is 47.8 Å². The highest BCUT2D eigenvalue weighted by molar-refractivity contribution is 5.97. The molecule has 24 heavy (non-hydrogen) atoms. The molecule has 0 amide bonds. The number of hydrogen-bond donors (Lipinski definition) is 1. The van der Waals surface area contributed by atoms with Gasteiger partial charge in [0.25, 0.3) is 0 Å². The van der Waals surface area contributed by atoms with Crippen LogP contribution in [0.2, 0.25) is 0 Å². The predicted octanol–water partition coefficient (Wildman–Crippen LogP) is 2.52. The smallest absolute Gasteiger partial charge is 0.206 e. The lowest BCUT2D eigenvalue weighted by Gasteiger charge is -2.18. The molecule has 5 nitrogen and oxygen atoms in total. The summed E-state index contributed by atoms with van der Waals surface area (Å²) in [7, 11) is 3.82. The first kappa shape index (κ1) is 16.1. The SMILES string of the molecule is CN(Cc1ccc(C(=O)CO)c(F)c1)c1nc2ccccc2n1C. The molecule has 0 aliphatic rings. The van der Waals surface area contributed by atoms with Crippen LogP contribution in [0.5, 0.6) is 0 Å². The van der Waals surface area contributed by atoms with E-state index in [0.717, 1.165) is 22.5 Å². The number of ketones is 1. The minimum atomic E-state index is -0.698. The Labute approximate surface area is 139 Å². The van der Waals surface area contributed by atoms with E-state index in [4.69, 9.17) is 5.11 Å². The van der Waals surface area contributed by atoms with Crippen LogP contribution in [0.3, 0.4) is 0 Å². The quantitative estimate of drug-likeness (QED) is 0.732. The minimum absolute atomic E-state index is 0.0911. The molecule has 0 bridgehead atoms. The highest BCUT2D eigenvalue weighted by Gasteiger charge is 2.14. The standard InChI is InChI=1S/C18H18FN3O2/c1-21(18-20-15-5-3-4-6-16(15)22(18)2)10-12-7-8-13(14(19)9-12)17(24)11-23/h3-9,23H,10-11H2,1-2H3. The summed E-state index contributed by atoms with van der Waals surface area (Å²) in [6.07, 6.45) is 0. The van der Waals surface area contributed by atoms with Crippen molar-refractivity contribution in [1.82, 2.24) is 9.55 Å². The molecule has 1 heterocycles. The Morgan fingerprint density at radius 2 is 2.04 bits per heavy atom. The van der Waals surface area contributed by atoms with Crippen molar-refractivity contribution >= 4 is 22.8 Å². The molecular formula is C18H18FN3O2. The van der Waals surface area contributed by atoms with Gasteiger partial charge in [-0.05, 0) is 29.8 Å². The van der Waals surface area contributed by atoms with Crippen molar-refractivity contribution in [1.29, 1.82) is 0 Å². The molecule has 1 aromatic heterocycles. The Kier molecular flexibility index (Phi) is 4.31. The van der Waals surface area contributed by atoms with E-state index in [1.54, 1.807) is 6.07 Å². The number of aryl methyl sites for hydroxylation is 1. The van der Waals surface area contributed by atoms with E-state index in [0.29, 0.717) is 6.54 Å². The maximum absolute atomic E-state index is 14.0. The van der Waals surface area contributed by atoms with Crippen LogP contribution in [0.25, 0.3) is 11.0 Å². The third kappa shape index (κ3) is 2.88. The normalized spacial score (nSPS) is 11.0. The van der Waals surface area contributed by atoms with Crippen LogP contribution in [0.4, 0.5) is 10.3 Å². The van der Waals surface area contributed by atoms with Crippen molar-refractivity contribution in [3.8, 4) is 0 Å². The minimum Gasteiger partial charge on any atom is -0.388 e. The van der Waals surface area contributed by atoms with Crippen LogP contribution < -0.4 is 4.90 Å². The molecule has 0 saturated heterocycles. The second-order valence-corrected chi connectivity index (χ2v) is 5.71. The number of fused-ring (bicyclic) bond motifs is 1. The van der Waals surface area contributed by atoms with E-state index in [2.05, 4.69) is 4.98 Å².